The van der Waals surface area contributed by atoms with Gasteiger partial charge in [-0.15, -0.1) is 0 Å². The summed E-state index contributed by atoms with van der Waals surface area (Å²) < 4.78 is 13.6. The molecule has 3 N–H and O–H groups in total. The number of hydrogen-bond donors (Lipinski definition) is 2. The molecule has 0 heterocycles. The maximum absolute atomic E-state index is 13.6. The van der Waals surface area contributed by atoms with Gasteiger partial charge in [0.05, 0.1) is 0 Å². The summed E-state index contributed by atoms with van der Waals surface area (Å²) >= 11 is 5.95. The van der Waals surface area contributed by atoms with E-state index < -0.39 is 0 Å². The number of halogens is 2. The van der Waals surface area contributed by atoms with Gasteiger partial charge in [-0.05, 0) is 42.2 Å². The molecule has 100 valence electrons. The van der Waals surface area contributed by atoms with Crippen LogP contribution in [0.3, 0.4) is 0 Å². The molecule has 0 aliphatic carbocycles. The van der Waals surface area contributed by atoms with Crippen LogP contribution in [0.1, 0.15) is 11.1 Å². The van der Waals surface area contributed by atoms with Gasteiger partial charge in [0.15, 0.2) is 0 Å². The van der Waals surface area contributed by atoms with Gasteiger partial charge in [0.25, 0.3) is 0 Å². The Kier molecular flexibility index (Phi) is 4.91. The fourth-order valence-electron chi connectivity index (χ4n) is 2.07. The average Bonchev–Trinajstić information content (AvgIpc) is 2.40. The molecule has 4 heteroatoms. The normalized spacial score (nSPS) is 12.4. The van der Waals surface area contributed by atoms with Crippen molar-refractivity contribution in [1.29, 1.82) is 0 Å². The lowest BCUT2D eigenvalue weighted by Crippen LogP contribution is -2.38. The van der Waals surface area contributed by atoms with E-state index in [4.69, 9.17) is 17.4 Å². The van der Waals surface area contributed by atoms with Crippen LogP contribution in [-0.4, -0.2) is 6.04 Å². The van der Waals surface area contributed by atoms with Gasteiger partial charge in [-0.25, -0.2) is 4.39 Å². The summed E-state index contributed by atoms with van der Waals surface area (Å²) in [6, 6.07) is 14.3. The molecule has 0 aliphatic heterocycles. The summed E-state index contributed by atoms with van der Waals surface area (Å²) in [7, 11) is 0. The van der Waals surface area contributed by atoms with E-state index in [1.807, 2.05) is 30.3 Å². The third-order valence-electron chi connectivity index (χ3n) is 3.03. The van der Waals surface area contributed by atoms with Crippen molar-refractivity contribution in [2.75, 3.05) is 0 Å². The molecule has 2 aromatic carbocycles. The molecule has 2 nitrogen and oxygen atoms in total. The van der Waals surface area contributed by atoms with Crippen LogP contribution in [0.2, 0.25) is 5.02 Å². The van der Waals surface area contributed by atoms with Crippen LogP contribution in [0, 0.1) is 5.82 Å². The predicted octanol–water partition coefficient (Wildman–Crippen LogP) is 3.10. The van der Waals surface area contributed by atoms with Gasteiger partial charge in [0.2, 0.25) is 0 Å². The highest BCUT2D eigenvalue weighted by molar-refractivity contribution is 6.30. The quantitative estimate of drug-likeness (QED) is 0.651. The third-order valence-corrected chi connectivity index (χ3v) is 3.27. The van der Waals surface area contributed by atoms with E-state index in [2.05, 4.69) is 5.43 Å². The molecule has 0 saturated heterocycles. The van der Waals surface area contributed by atoms with Gasteiger partial charge in [-0.2, -0.15) is 0 Å². The summed E-state index contributed by atoms with van der Waals surface area (Å²) in [5, 5.41) is 0.694. The van der Waals surface area contributed by atoms with E-state index in [0.29, 0.717) is 23.4 Å². The first-order valence-corrected chi connectivity index (χ1v) is 6.51. The minimum absolute atomic E-state index is 0.0321. The molecule has 0 radical (unpaired) electrons. The van der Waals surface area contributed by atoms with Gasteiger partial charge >= 0.3 is 0 Å². The van der Waals surface area contributed by atoms with Gasteiger partial charge in [-0.3, -0.25) is 11.3 Å². The molecule has 0 bridgehead atoms. The van der Waals surface area contributed by atoms with E-state index in [9.17, 15) is 4.39 Å². The molecular weight excluding hydrogens is 263 g/mol. The maximum Gasteiger partial charge on any atom is 0.126 e. The van der Waals surface area contributed by atoms with Crippen molar-refractivity contribution in [1.82, 2.24) is 5.43 Å². The predicted molar refractivity (Wildman–Crippen MR) is 76.4 cm³/mol. The lowest BCUT2D eigenvalue weighted by atomic mass is 9.99. The smallest absolute Gasteiger partial charge is 0.126 e. The Balaban J connectivity index is 2.07. The summed E-state index contributed by atoms with van der Waals surface area (Å²) in [6.07, 6.45) is 1.24. The minimum Gasteiger partial charge on any atom is -0.271 e. The Hall–Kier alpha value is -1.42. The standard InChI is InChI=1S/C15H16ClFN2/c16-13-6-3-4-11(8-13)9-14(19-18)10-12-5-1-2-7-15(12)17/h1-8,14,19H,9-10,18H2. The molecule has 0 saturated carbocycles. The Morgan fingerprint density at radius 1 is 1.11 bits per heavy atom. The number of rotatable bonds is 5. The number of nitrogens with two attached hydrogens (primary N) is 1. The lowest BCUT2D eigenvalue weighted by molar-refractivity contribution is 0.506. The zero-order chi connectivity index (χ0) is 13.7. The molecule has 0 aromatic heterocycles. The second-order valence-corrected chi connectivity index (χ2v) is 4.93. The third kappa shape index (κ3) is 4.03. The molecule has 0 spiro atoms. The molecule has 2 rings (SSSR count). The van der Waals surface area contributed by atoms with Crippen LogP contribution in [0.4, 0.5) is 4.39 Å². The van der Waals surface area contributed by atoms with Gasteiger partial charge < -0.3 is 0 Å². The zero-order valence-corrected chi connectivity index (χ0v) is 11.2. The summed E-state index contributed by atoms with van der Waals surface area (Å²) in [5.74, 6) is 5.35. The highest BCUT2D eigenvalue weighted by atomic mass is 35.5. The van der Waals surface area contributed by atoms with Crippen LogP contribution < -0.4 is 11.3 Å². The number of nitrogens with one attached hydrogen (secondary N) is 1. The molecule has 0 amide bonds. The molecule has 1 unspecified atom stereocenters. The Bertz CT molecular complexity index is 545. The largest absolute Gasteiger partial charge is 0.271 e. The minimum atomic E-state index is -0.200. The van der Waals surface area contributed by atoms with Crippen LogP contribution in [0.15, 0.2) is 48.5 Å². The fourth-order valence-corrected chi connectivity index (χ4v) is 2.28. The molecular formula is C15H16ClFN2. The van der Waals surface area contributed by atoms with Crippen LogP contribution in [0.25, 0.3) is 0 Å². The van der Waals surface area contributed by atoms with Gasteiger partial charge in [-0.1, -0.05) is 41.9 Å². The SMILES string of the molecule is NNC(Cc1cccc(Cl)c1)Cc1ccccc1F. The number of hydrazine groups is 1. The zero-order valence-electron chi connectivity index (χ0n) is 10.4. The summed E-state index contributed by atoms with van der Waals surface area (Å²) in [6.45, 7) is 0. The number of hydrogen-bond acceptors (Lipinski definition) is 2. The Morgan fingerprint density at radius 2 is 1.89 bits per heavy atom. The topological polar surface area (TPSA) is 38.0 Å². The van der Waals surface area contributed by atoms with Crippen LogP contribution in [-0.2, 0) is 12.8 Å². The maximum atomic E-state index is 13.6. The van der Waals surface area contributed by atoms with E-state index in [0.717, 1.165) is 5.56 Å². The van der Waals surface area contributed by atoms with Gasteiger partial charge in [0.1, 0.15) is 5.82 Å². The lowest BCUT2D eigenvalue weighted by Gasteiger charge is -2.16. The first-order valence-electron chi connectivity index (χ1n) is 6.13. The number of benzene rings is 2. The van der Waals surface area contributed by atoms with Crippen molar-refractivity contribution >= 4 is 11.6 Å². The van der Waals surface area contributed by atoms with E-state index in [-0.39, 0.29) is 11.9 Å². The summed E-state index contributed by atoms with van der Waals surface area (Å²) in [4.78, 5) is 0. The van der Waals surface area contributed by atoms with Crippen molar-refractivity contribution in [3.8, 4) is 0 Å². The molecule has 0 fully saturated rings. The Morgan fingerprint density at radius 3 is 2.58 bits per heavy atom. The van der Waals surface area contributed by atoms with Crippen molar-refractivity contribution in [3.63, 3.8) is 0 Å². The van der Waals surface area contributed by atoms with E-state index >= 15 is 0 Å². The Labute approximate surface area is 117 Å². The van der Waals surface area contributed by atoms with Crippen LogP contribution in [0.5, 0.6) is 0 Å². The monoisotopic (exact) mass is 278 g/mol. The summed E-state index contributed by atoms with van der Waals surface area (Å²) in [5.41, 5.74) is 4.47. The van der Waals surface area contributed by atoms with Crippen molar-refractivity contribution in [2.24, 2.45) is 5.84 Å². The van der Waals surface area contributed by atoms with Crippen LogP contribution >= 0.6 is 11.6 Å². The second kappa shape index (κ2) is 6.66. The molecule has 1 atom stereocenters. The molecule has 0 aliphatic rings. The molecule has 19 heavy (non-hydrogen) atoms. The first-order chi connectivity index (χ1) is 9.19. The highest BCUT2D eigenvalue weighted by Crippen LogP contribution is 2.15. The molecule has 2 aromatic rings. The highest BCUT2D eigenvalue weighted by Gasteiger charge is 2.11. The van der Waals surface area contributed by atoms with E-state index in [1.54, 1.807) is 12.1 Å². The van der Waals surface area contributed by atoms with Gasteiger partial charge in [0, 0.05) is 11.1 Å². The van der Waals surface area contributed by atoms with E-state index in [1.165, 1.54) is 6.07 Å². The first kappa shape index (κ1) is 14.0. The average molecular weight is 279 g/mol. The van der Waals surface area contributed by atoms with Crippen molar-refractivity contribution in [2.45, 2.75) is 18.9 Å². The second-order valence-electron chi connectivity index (χ2n) is 4.49. The van der Waals surface area contributed by atoms with Crippen molar-refractivity contribution in [3.05, 3.63) is 70.5 Å². The fraction of sp³-hybridized carbons (Fsp3) is 0.200. The van der Waals surface area contributed by atoms with Crippen molar-refractivity contribution < 1.29 is 4.39 Å².